The van der Waals surface area contributed by atoms with E-state index in [9.17, 15) is 5.11 Å². The van der Waals surface area contributed by atoms with E-state index in [1.807, 2.05) is 6.92 Å². The van der Waals surface area contributed by atoms with E-state index in [-0.39, 0.29) is 6.10 Å². The van der Waals surface area contributed by atoms with Gasteiger partial charge in [-0.05, 0) is 42.5 Å². The summed E-state index contributed by atoms with van der Waals surface area (Å²) in [5.74, 6) is 1.05. The van der Waals surface area contributed by atoms with Gasteiger partial charge in [0.15, 0.2) is 0 Å². The first-order chi connectivity index (χ1) is 7.70. The van der Waals surface area contributed by atoms with E-state index in [4.69, 9.17) is 4.74 Å². The second-order valence-corrected chi connectivity index (χ2v) is 5.17. The number of hydrogen-bond acceptors (Lipinski definition) is 2. The molecule has 1 heterocycles. The lowest BCUT2D eigenvalue weighted by atomic mass is 10.0. The molecule has 88 valence electrons. The minimum Gasteiger partial charge on any atom is -0.493 e. The molecule has 16 heavy (non-hydrogen) atoms. The van der Waals surface area contributed by atoms with Crippen molar-refractivity contribution >= 4 is 15.9 Å². The third-order valence-corrected chi connectivity index (χ3v) is 3.50. The molecular weight excluding hydrogens is 268 g/mol. The molecule has 1 atom stereocenters. The topological polar surface area (TPSA) is 29.5 Å². The van der Waals surface area contributed by atoms with Crippen LogP contribution < -0.4 is 4.74 Å². The van der Waals surface area contributed by atoms with Crippen LogP contribution >= 0.6 is 15.9 Å². The third kappa shape index (κ3) is 2.58. The second-order valence-electron chi connectivity index (χ2n) is 4.25. The van der Waals surface area contributed by atoms with Crippen LogP contribution in [0.1, 0.15) is 30.9 Å². The van der Waals surface area contributed by atoms with E-state index >= 15 is 0 Å². The first kappa shape index (κ1) is 11.9. The Morgan fingerprint density at radius 2 is 2.31 bits per heavy atom. The van der Waals surface area contributed by atoms with Crippen molar-refractivity contribution in [2.75, 3.05) is 6.61 Å². The number of hydrogen-bond donors (Lipinski definition) is 1. The van der Waals surface area contributed by atoms with Crippen molar-refractivity contribution in [1.82, 2.24) is 0 Å². The van der Waals surface area contributed by atoms with Crippen molar-refractivity contribution in [2.45, 2.75) is 38.7 Å². The summed E-state index contributed by atoms with van der Waals surface area (Å²) < 4.78 is 6.76. The number of halogens is 1. The summed E-state index contributed by atoms with van der Waals surface area (Å²) in [4.78, 5) is 0. The molecule has 2 nitrogen and oxygen atoms in total. The quantitative estimate of drug-likeness (QED) is 0.921. The Bertz CT molecular complexity index is 376. The Hall–Kier alpha value is -0.540. The van der Waals surface area contributed by atoms with E-state index in [0.29, 0.717) is 0 Å². The van der Waals surface area contributed by atoms with Crippen LogP contribution in [0.3, 0.4) is 0 Å². The largest absolute Gasteiger partial charge is 0.493 e. The Kier molecular flexibility index (Phi) is 3.87. The van der Waals surface area contributed by atoms with Gasteiger partial charge in [-0.3, -0.25) is 0 Å². The molecule has 1 aromatic rings. The minimum absolute atomic E-state index is 0.198. The van der Waals surface area contributed by atoms with Gasteiger partial charge in [-0.2, -0.15) is 0 Å². The van der Waals surface area contributed by atoms with Crippen molar-refractivity contribution in [2.24, 2.45) is 0 Å². The highest BCUT2D eigenvalue weighted by Crippen LogP contribution is 2.33. The monoisotopic (exact) mass is 284 g/mol. The zero-order valence-electron chi connectivity index (χ0n) is 9.50. The molecular formula is C13H17BrO2. The maximum absolute atomic E-state index is 9.58. The number of benzene rings is 1. The Morgan fingerprint density at radius 3 is 3.06 bits per heavy atom. The van der Waals surface area contributed by atoms with Gasteiger partial charge in [0.1, 0.15) is 5.75 Å². The molecule has 0 bridgehead atoms. The van der Waals surface area contributed by atoms with Gasteiger partial charge in [0.05, 0.1) is 12.7 Å². The Morgan fingerprint density at radius 1 is 1.50 bits per heavy atom. The van der Waals surface area contributed by atoms with Gasteiger partial charge in [0.2, 0.25) is 0 Å². The number of rotatable bonds is 4. The van der Waals surface area contributed by atoms with Crippen molar-refractivity contribution < 1.29 is 9.84 Å². The maximum atomic E-state index is 9.58. The summed E-state index contributed by atoms with van der Waals surface area (Å²) in [6, 6.07) is 4.23. The van der Waals surface area contributed by atoms with Gasteiger partial charge in [0.25, 0.3) is 0 Å². The average molecular weight is 285 g/mol. The molecule has 0 amide bonds. The highest BCUT2D eigenvalue weighted by Gasteiger charge is 2.17. The minimum atomic E-state index is -0.198. The third-order valence-electron chi connectivity index (χ3n) is 3.04. The number of ether oxygens (including phenoxy) is 1. The van der Waals surface area contributed by atoms with Gasteiger partial charge in [0, 0.05) is 10.9 Å². The Balaban J connectivity index is 2.14. The highest BCUT2D eigenvalue weighted by molar-refractivity contribution is 9.10. The smallest absolute Gasteiger partial charge is 0.125 e. The summed E-state index contributed by atoms with van der Waals surface area (Å²) in [6.45, 7) is 2.79. The summed E-state index contributed by atoms with van der Waals surface area (Å²) in [7, 11) is 0. The molecule has 0 saturated heterocycles. The van der Waals surface area contributed by atoms with Gasteiger partial charge < -0.3 is 9.84 Å². The predicted molar refractivity (Wildman–Crippen MR) is 68.0 cm³/mol. The highest BCUT2D eigenvalue weighted by atomic mass is 79.9. The molecule has 2 rings (SSSR count). The van der Waals surface area contributed by atoms with Gasteiger partial charge >= 0.3 is 0 Å². The molecule has 1 aliphatic rings. The lowest BCUT2D eigenvalue weighted by molar-refractivity contribution is 0.160. The zero-order valence-corrected chi connectivity index (χ0v) is 11.1. The fourth-order valence-electron chi connectivity index (χ4n) is 2.06. The molecule has 1 aromatic carbocycles. The van der Waals surface area contributed by atoms with Crippen molar-refractivity contribution in [3.05, 3.63) is 27.7 Å². The van der Waals surface area contributed by atoms with Crippen LogP contribution in [0.2, 0.25) is 0 Å². The van der Waals surface area contributed by atoms with E-state index < -0.39 is 0 Å². The summed E-state index contributed by atoms with van der Waals surface area (Å²) in [6.07, 6.45) is 3.31. The molecule has 1 N–H and O–H groups in total. The molecule has 1 aliphatic heterocycles. The van der Waals surface area contributed by atoms with Gasteiger partial charge in [-0.1, -0.05) is 22.9 Å². The van der Waals surface area contributed by atoms with Crippen molar-refractivity contribution in [1.29, 1.82) is 0 Å². The summed E-state index contributed by atoms with van der Waals surface area (Å²) in [5.41, 5.74) is 2.50. The molecule has 0 aliphatic carbocycles. The fraction of sp³-hybridized carbons (Fsp3) is 0.538. The predicted octanol–water partition coefficient (Wildman–Crippen LogP) is 3.09. The maximum Gasteiger partial charge on any atom is 0.125 e. The van der Waals surface area contributed by atoms with E-state index in [1.165, 1.54) is 11.1 Å². The SMILES string of the molecule is CCC(O)CCc1cc(Br)cc2c1OCC2. The first-order valence-corrected chi connectivity index (χ1v) is 6.62. The lowest BCUT2D eigenvalue weighted by Gasteiger charge is -2.11. The van der Waals surface area contributed by atoms with E-state index in [0.717, 1.165) is 42.5 Å². The molecule has 0 fully saturated rings. The van der Waals surface area contributed by atoms with Crippen molar-refractivity contribution in [3.8, 4) is 5.75 Å². The van der Waals surface area contributed by atoms with Crippen LogP contribution in [0.25, 0.3) is 0 Å². The molecule has 0 radical (unpaired) electrons. The van der Waals surface area contributed by atoms with Gasteiger partial charge in [-0.25, -0.2) is 0 Å². The molecule has 0 aromatic heterocycles. The number of fused-ring (bicyclic) bond motifs is 1. The standard InChI is InChI=1S/C13H17BrO2/c1-2-12(15)4-3-9-7-11(14)8-10-5-6-16-13(9)10/h7-8,12,15H,2-6H2,1H3. The summed E-state index contributed by atoms with van der Waals surface area (Å²) in [5, 5.41) is 9.58. The molecule has 1 unspecified atom stereocenters. The molecule has 3 heteroatoms. The van der Waals surface area contributed by atoms with Crippen LogP contribution in [0, 0.1) is 0 Å². The number of aliphatic hydroxyl groups excluding tert-OH is 1. The van der Waals surface area contributed by atoms with Gasteiger partial charge in [-0.15, -0.1) is 0 Å². The lowest BCUT2D eigenvalue weighted by Crippen LogP contribution is -2.06. The van der Waals surface area contributed by atoms with Crippen LogP contribution in [0.15, 0.2) is 16.6 Å². The van der Waals surface area contributed by atoms with Crippen LogP contribution in [-0.4, -0.2) is 17.8 Å². The van der Waals surface area contributed by atoms with Crippen LogP contribution in [-0.2, 0) is 12.8 Å². The van der Waals surface area contributed by atoms with Crippen LogP contribution in [0.4, 0.5) is 0 Å². The normalized spacial score (nSPS) is 15.7. The molecule has 0 spiro atoms. The second kappa shape index (κ2) is 5.19. The number of aliphatic hydroxyl groups is 1. The fourth-order valence-corrected chi connectivity index (χ4v) is 2.61. The van der Waals surface area contributed by atoms with Crippen LogP contribution in [0.5, 0.6) is 5.75 Å². The molecule has 0 saturated carbocycles. The average Bonchev–Trinajstić information content (AvgIpc) is 2.73. The zero-order chi connectivity index (χ0) is 11.5. The first-order valence-electron chi connectivity index (χ1n) is 5.83. The van der Waals surface area contributed by atoms with E-state index in [1.54, 1.807) is 0 Å². The number of aryl methyl sites for hydroxylation is 1. The van der Waals surface area contributed by atoms with E-state index in [2.05, 4.69) is 28.1 Å². The Labute approximate surface area is 105 Å². The summed E-state index contributed by atoms with van der Waals surface area (Å²) >= 11 is 3.52. The van der Waals surface area contributed by atoms with Crippen molar-refractivity contribution in [3.63, 3.8) is 0 Å².